The third-order valence-electron chi connectivity index (χ3n) is 2.64. The van der Waals surface area contributed by atoms with E-state index in [1.54, 1.807) is 0 Å². The van der Waals surface area contributed by atoms with E-state index in [4.69, 9.17) is 11.2 Å². The first-order chi connectivity index (χ1) is 4.86. The molecule has 2 heteroatoms. The smallest absolute Gasteiger partial charge is 0.00182 e. The molecule has 0 spiro atoms. The monoisotopic (exact) mass is 192 g/mol. The van der Waals surface area contributed by atoms with Crippen molar-refractivity contribution in [2.24, 2.45) is 0 Å². The molecule has 0 aromatic heterocycles. The summed E-state index contributed by atoms with van der Waals surface area (Å²) in [6.45, 7) is 9.25. The quantitative estimate of drug-likeness (QED) is 0.500. The summed E-state index contributed by atoms with van der Waals surface area (Å²) in [7, 11) is -0.306. The topological polar surface area (TPSA) is 0 Å². The molecule has 0 unspecified atom stereocenters. The third kappa shape index (κ3) is 1.90. The first-order valence-corrected chi connectivity index (χ1v) is 6.57. The predicted octanol–water partition coefficient (Wildman–Crippen LogP) is 4.36. The molecular formula is C9H18ClP. The van der Waals surface area contributed by atoms with E-state index in [2.05, 4.69) is 27.7 Å². The Balaban J connectivity index is 2.76. The van der Waals surface area contributed by atoms with E-state index in [1.807, 2.05) is 0 Å². The molecule has 0 N–H and O–H groups in total. The molecule has 0 nitrogen and oxygen atoms in total. The maximum absolute atomic E-state index is 6.46. The summed E-state index contributed by atoms with van der Waals surface area (Å²) in [4.78, 5) is 0. The molecule has 0 aliphatic carbocycles. The van der Waals surface area contributed by atoms with Crippen LogP contribution in [0.2, 0.25) is 0 Å². The van der Waals surface area contributed by atoms with E-state index < -0.39 is 0 Å². The Morgan fingerprint density at radius 2 is 1.36 bits per heavy atom. The summed E-state index contributed by atoms with van der Waals surface area (Å²) in [5.41, 5.74) is 0. The average molecular weight is 193 g/mol. The standard InChI is InChI=1S/C9H18ClP/c1-8(2)6-5-7-9(3,4)11(8)10/h5-7H2,1-4H3. The second kappa shape index (κ2) is 2.89. The van der Waals surface area contributed by atoms with Gasteiger partial charge < -0.3 is 0 Å². The summed E-state index contributed by atoms with van der Waals surface area (Å²) in [5, 5.41) is 0.803. The van der Waals surface area contributed by atoms with Crippen LogP contribution < -0.4 is 0 Å². The molecule has 11 heavy (non-hydrogen) atoms. The SMILES string of the molecule is CC1(C)CCCC(C)(C)P1Cl. The zero-order chi connectivity index (χ0) is 8.70. The number of rotatable bonds is 0. The van der Waals surface area contributed by atoms with Crippen molar-refractivity contribution in [3.63, 3.8) is 0 Å². The summed E-state index contributed by atoms with van der Waals surface area (Å²) < 4.78 is 0. The molecule has 1 aliphatic heterocycles. The second-order valence-corrected chi connectivity index (χ2v) is 8.76. The highest BCUT2D eigenvalue weighted by atomic mass is 35.7. The van der Waals surface area contributed by atoms with Crippen LogP contribution in [0.15, 0.2) is 0 Å². The van der Waals surface area contributed by atoms with Crippen molar-refractivity contribution in [3.05, 3.63) is 0 Å². The van der Waals surface area contributed by atoms with Crippen LogP contribution in [0.3, 0.4) is 0 Å². The fraction of sp³-hybridized carbons (Fsp3) is 1.00. The molecule has 1 saturated heterocycles. The van der Waals surface area contributed by atoms with E-state index in [9.17, 15) is 0 Å². The Morgan fingerprint density at radius 3 is 1.64 bits per heavy atom. The van der Waals surface area contributed by atoms with Gasteiger partial charge in [0.1, 0.15) is 0 Å². The summed E-state index contributed by atoms with van der Waals surface area (Å²) in [6, 6.07) is 0. The maximum atomic E-state index is 6.46. The van der Waals surface area contributed by atoms with Gasteiger partial charge in [-0.05, 0) is 23.2 Å². The third-order valence-corrected chi connectivity index (χ3v) is 7.96. The van der Waals surface area contributed by atoms with E-state index in [1.165, 1.54) is 19.3 Å². The highest BCUT2D eigenvalue weighted by Gasteiger charge is 2.42. The van der Waals surface area contributed by atoms with Crippen molar-refractivity contribution in [1.29, 1.82) is 0 Å². The number of halogens is 1. The van der Waals surface area contributed by atoms with Crippen molar-refractivity contribution in [3.8, 4) is 0 Å². The molecular weight excluding hydrogens is 175 g/mol. The molecule has 1 rings (SSSR count). The summed E-state index contributed by atoms with van der Waals surface area (Å²) >= 11 is 6.46. The number of hydrogen-bond acceptors (Lipinski definition) is 0. The minimum atomic E-state index is -0.306. The molecule has 1 heterocycles. The highest BCUT2D eigenvalue weighted by Crippen LogP contribution is 2.68. The second-order valence-electron chi connectivity index (χ2n) is 4.76. The lowest BCUT2D eigenvalue weighted by Crippen LogP contribution is -2.32. The molecule has 0 aromatic carbocycles. The van der Waals surface area contributed by atoms with Crippen LogP contribution >= 0.6 is 18.5 Å². The first kappa shape index (κ1) is 9.81. The molecule has 66 valence electrons. The van der Waals surface area contributed by atoms with Gasteiger partial charge in [-0.3, -0.25) is 0 Å². The molecule has 1 fully saturated rings. The van der Waals surface area contributed by atoms with Crippen molar-refractivity contribution >= 4 is 18.5 Å². The molecule has 0 saturated carbocycles. The largest absolute Gasteiger partial charge is 0.0953 e. The number of hydrogen-bond donors (Lipinski definition) is 0. The maximum Gasteiger partial charge on any atom is 0.00182 e. The van der Waals surface area contributed by atoms with Gasteiger partial charge in [-0.15, -0.1) is 0 Å². The zero-order valence-electron chi connectivity index (χ0n) is 7.95. The zero-order valence-corrected chi connectivity index (χ0v) is 9.60. The normalized spacial score (nSPS) is 30.3. The van der Waals surface area contributed by atoms with Crippen LogP contribution in [0.1, 0.15) is 47.0 Å². The molecule has 0 atom stereocenters. The molecule has 0 aromatic rings. The fourth-order valence-electron chi connectivity index (χ4n) is 1.97. The van der Waals surface area contributed by atoms with E-state index in [0.717, 1.165) is 0 Å². The highest BCUT2D eigenvalue weighted by molar-refractivity contribution is 7.86. The van der Waals surface area contributed by atoms with Crippen LogP contribution in [-0.2, 0) is 0 Å². The van der Waals surface area contributed by atoms with Crippen molar-refractivity contribution in [2.45, 2.75) is 57.3 Å². The fourth-order valence-corrected chi connectivity index (χ4v) is 4.82. The summed E-state index contributed by atoms with van der Waals surface area (Å²) in [5.74, 6) is 0. The first-order valence-electron chi connectivity index (χ1n) is 4.32. The minimum absolute atomic E-state index is 0.306. The lowest BCUT2D eigenvalue weighted by Gasteiger charge is -2.45. The van der Waals surface area contributed by atoms with E-state index in [0.29, 0.717) is 10.3 Å². The molecule has 0 radical (unpaired) electrons. The van der Waals surface area contributed by atoms with Gasteiger partial charge >= 0.3 is 0 Å². The van der Waals surface area contributed by atoms with Gasteiger partial charge in [-0.2, -0.15) is 0 Å². The van der Waals surface area contributed by atoms with Gasteiger partial charge in [0.25, 0.3) is 0 Å². The van der Waals surface area contributed by atoms with Gasteiger partial charge in [0, 0.05) is 7.27 Å². The van der Waals surface area contributed by atoms with Crippen LogP contribution in [0, 0.1) is 0 Å². The van der Waals surface area contributed by atoms with Crippen LogP contribution in [0.4, 0.5) is 0 Å². The Kier molecular flexibility index (Phi) is 2.58. The Morgan fingerprint density at radius 1 is 1.00 bits per heavy atom. The van der Waals surface area contributed by atoms with E-state index in [-0.39, 0.29) is 7.27 Å². The lowest BCUT2D eigenvalue weighted by molar-refractivity contribution is 0.473. The van der Waals surface area contributed by atoms with E-state index >= 15 is 0 Å². The summed E-state index contributed by atoms with van der Waals surface area (Å²) in [6.07, 6.45) is 3.98. The van der Waals surface area contributed by atoms with Gasteiger partial charge in [0.2, 0.25) is 0 Å². The molecule has 1 aliphatic rings. The van der Waals surface area contributed by atoms with Gasteiger partial charge in [-0.1, -0.05) is 45.4 Å². The van der Waals surface area contributed by atoms with Crippen LogP contribution in [0.5, 0.6) is 0 Å². The Hall–Kier alpha value is 0.720. The van der Waals surface area contributed by atoms with Crippen molar-refractivity contribution in [1.82, 2.24) is 0 Å². The van der Waals surface area contributed by atoms with Crippen LogP contribution in [-0.4, -0.2) is 10.3 Å². The molecule has 0 amide bonds. The Labute approximate surface area is 76.2 Å². The average Bonchev–Trinajstić information content (AvgIpc) is 1.82. The molecule has 0 bridgehead atoms. The predicted molar refractivity (Wildman–Crippen MR) is 54.8 cm³/mol. The lowest BCUT2D eigenvalue weighted by atomic mass is 9.98. The van der Waals surface area contributed by atoms with Gasteiger partial charge in [-0.25, -0.2) is 0 Å². The van der Waals surface area contributed by atoms with Gasteiger partial charge in [0.15, 0.2) is 0 Å². The van der Waals surface area contributed by atoms with Crippen molar-refractivity contribution in [2.75, 3.05) is 0 Å². The van der Waals surface area contributed by atoms with Gasteiger partial charge in [0.05, 0.1) is 0 Å². The van der Waals surface area contributed by atoms with Crippen molar-refractivity contribution < 1.29 is 0 Å². The van der Waals surface area contributed by atoms with Crippen LogP contribution in [0.25, 0.3) is 0 Å². The Bertz CT molecular complexity index is 136. The minimum Gasteiger partial charge on any atom is -0.0953 e.